The minimum absolute atomic E-state index is 0.168. The highest BCUT2D eigenvalue weighted by molar-refractivity contribution is 5.83. The maximum atomic E-state index is 6.33. The summed E-state index contributed by atoms with van der Waals surface area (Å²) in [5.74, 6) is 1.63. The zero-order valence-electron chi connectivity index (χ0n) is 16.2. The molecule has 1 aliphatic heterocycles. The van der Waals surface area contributed by atoms with E-state index in [1.165, 1.54) is 12.8 Å². The van der Waals surface area contributed by atoms with Gasteiger partial charge in [-0.1, -0.05) is 18.9 Å². The molecule has 1 fully saturated rings. The van der Waals surface area contributed by atoms with Crippen molar-refractivity contribution in [3.8, 4) is 0 Å². The Balaban J connectivity index is 1.50. The van der Waals surface area contributed by atoms with E-state index >= 15 is 0 Å². The molecule has 2 aromatic heterocycles. The summed E-state index contributed by atoms with van der Waals surface area (Å²) in [6.45, 7) is 0. The van der Waals surface area contributed by atoms with Crippen LogP contribution in [0.2, 0.25) is 0 Å². The average Bonchev–Trinajstić information content (AvgIpc) is 2.75. The first kappa shape index (κ1) is 17.8. The molecule has 0 radical (unpaired) electrons. The van der Waals surface area contributed by atoms with Gasteiger partial charge in [-0.25, -0.2) is 4.98 Å². The van der Waals surface area contributed by atoms with Crippen LogP contribution in [0.5, 0.6) is 0 Å². The molecule has 2 aliphatic rings. The summed E-state index contributed by atoms with van der Waals surface area (Å²) in [4.78, 5) is 9.27. The Morgan fingerprint density at radius 2 is 1.93 bits per heavy atom. The standard InChI is InChI=1S/C22H25N7/c23-18-5-1-2-6-20(18)28-21-11-15-12-25-26-13-17(15)22(29-21)27-16-7-8-19-14(10-16)4-3-9-24-19/h3-4,7-13,18,20,25-26,28H,1-2,5-6,23H2,(H,27,29)/t18-,20+/m0/s1. The fraction of sp³-hybridized carbons (Fsp3) is 0.273. The zero-order chi connectivity index (χ0) is 19.6. The number of nitrogens with zero attached hydrogens (tertiary/aromatic N) is 2. The van der Waals surface area contributed by atoms with Crippen LogP contribution in [0, 0.1) is 0 Å². The fourth-order valence-electron chi connectivity index (χ4n) is 4.07. The van der Waals surface area contributed by atoms with E-state index in [1.807, 2.05) is 36.8 Å². The number of nitrogens with two attached hydrogens (primary N) is 1. The second kappa shape index (κ2) is 7.60. The van der Waals surface area contributed by atoms with Crippen LogP contribution in [0.4, 0.5) is 17.3 Å². The molecule has 3 heterocycles. The minimum Gasteiger partial charge on any atom is -0.366 e. The topological polar surface area (TPSA) is 99.9 Å². The Bertz CT molecular complexity index is 1160. The summed E-state index contributed by atoms with van der Waals surface area (Å²) >= 11 is 0. The smallest absolute Gasteiger partial charge is 0.142 e. The average molecular weight is 387 g/mol. The number of benzene rings is 1. The summed E-state index contributed by atoms with van der Waals surface area (Å²) in [5.41, 5.74) is 14.4. The third-order valence-corrected chi connectivity index (χ3v) is 5.64. The van der Waals surface area contributed by atoms with E-state index in [0.717, 1.165) is 51.5 Å². The molecule has 0 unspecified atom stereocenters. The van der Waals surface area contributed by atoms with Gasteiger partial charge in [-0.15, -0.1) is 0 Å². The second-order valence-electron chi connectivity index (χ2n) is 7.67. The molecule has 1 aliphatic carbocycles. The van der Waals surface area contributed by atoms with E-state index in [-0.39, 0.29) is 12.1 Å². The molecular formula is C22H25N7. The third kappa shape index (κ3) is 3.69. The summed E-state index contributed by atoms with van der Waals surface area (Å²) in [5, 5.41) is 10.2. The summed E-state index contributed by atoms with van der Waals surface area (Å²) in [7, 11) is 0. The van der Waals surface area contributed by atoms with E-state index in [2.05, 4.69) is 44.7 Å². The zero-order valence-corrected chi connectivity index (χ0v) is 16.2. The van der Waals surface area contributed by atoms with Crippen LogP contribution in [0.3, 0.4) is 0 Å². The molecule has 6 N–H and O–H groups in total. The van der Waals surface area contributed by atoms with Gasteiger partial charge in [-0.05, 0) is 43.2 Å². The molecule has 0 spiro atoms. The van der Waals surface area contributed by atoms with Gasteiger partial charge in [0.25, 0.3) is 0 Å². The van der Waals surface area contributed by atoms with Gasteiger partial charge in [-0.2, -0.15) is 0 Å². The van der Waals surface area contributed by atoms with Crippen molar-refractivity contribution >= 4 is 40.6 Å². The van der Waals surface area contributed by atoms with E-state index in [4.69, 9.17) is 10.7 Å². The lowest BCUT2D eigenvalue weighted by Gasteiger charge is -2.30. The summed E-state index contributed by atoms with van der Waals surface area (Å²) in [6, 6.07) is 12.6. The number of nitrogens with one attached hydrogen (secondary N) is 4. The van der Waals surface area contributed by atoms with Crippen molar-refractivity contribution in [2.24, 2.45) is 5.73 Å². The maximum Gasteiger partial charge on any atom is 0.142 e. The van der Waals surface area contributed by atoms with Crippen LogP contribution in [-0.2, 0) is 0 Å². The van der Waals surface area contributed by atoms with Crippen LogP contribution < -0.4 is 37.7 Å². The highest BCUT2D eigenvalue weighted by Crippen LogP contribution is 2.22. The number of hydrogen-bond acceptors (Lipinski definition) is 7. The van der Waals surface area contributed by atoms with Crippen molar-refractivity contribution in [3.63, 3.8) is 0 Å². The van der Waals surface area contributed by atoms with Gasteiger partial charge in [0.15, 0.2) is 0 Å². The van der Waals surface area contributed by atoms with Gasteiger partial charge in [-0.3, -0.25) is 4.98 Å². The van der Waals surface area contributed by atoms with E-state index < -0.39 is 0 Å². The van der Waals surface area contributed by atoms with Gasteiger partial charge >= 0.3 is 0 Å². The number of hydrazine groups is 1. The molecule has 1 saturated carbocycles. The van der Waals surface area contributed by atoms with Crippen LogP contribution in [0.1, 0.15) is 25.7 Å². The van der Waals surface area contributed by atoms with Crippen LogP contribution in [0.25, 0.3) is 23.3 Å². The summed E-state index contributed by atoms with van der Waals surface area (Å²) < 4.78 is 0. The van der Waals surface area contributed by atoms with Gasteiger partial charge < -0.3 is 27.2 Å². The number of pyridine rings is 2. The number of fused-ring (bicyclic) bond motifs is 2. The Kier molecular flexibility index (Phi) is 4.65. The first-order valence-corrected chi connectivity index (χ1v) is 10.1. The molecule has 1 aromatic carbocycles. The molecule has 7 heteroatoms. The largest absolute Gasteiger partial charge is 0.366 e. The van der Waals surface area contributed by atoms with E-state index in [0.29, 0.717) is 0 Å². The quantitative estimate of drug-likeness (QED) is 0.464. The predicted molar refractivity (Wildman–Crippen MR) is 118 cm³/mol. The lowest BCUT2D eigenvalue weighted by atomic mass is 9.91. The van der Waals surface area contributed by atoms with Gasteiger partial charge in [0.1, 0.15) is 11.6 Å². The molecule has 3 aromatic rings. The first-order chi connectivity index (χ1) is 14.3. The fourth-order valence-corrected chi connectivity index (χ4v) is 4.07. The van der Waals surface area contributed by atoms with Crippen molar-refractivity contribution in [1.82, 2.24) is 20.8 Å². The molecule has 29 heavy (non-hydrogen) atoms. The molecule has 2 atom stereocenters. The van der Waals surface area contributed by atoms with Gasteiger partial charge in [0.05, 0.1) is 5.52 Å². The number of anilines is 3. The molecule has 0 saturated heterocycles. The molecule has 148 valence electrons. The number of hydrogen-bond donors (Lipinski definition) is 5. The summed E-state index contributed by atoms with van der Waals surface area (Å²) in [6.07, 6.45) is 10.2. The third-order valence-electron chi connectivity index (χ3n) is 5.64. The number of aromatic nitrogens is 2. The predicted octanol–water partition coefficient (Wildman–Crippen LogP) is 1.64. The molecule has 0 bridgehead atoms. The maximum absolute atomic E-state index is 6.33. The minimum atomic E-state index is 0.168. The number of rotatable bonds is 4. The molecule has 0 amide bonds. The highest BCUT2D eigenvalue weighted by Gasteiger charge is 2.22. The SMILES string of the molecule is N[C@H]1CCCC[C@H]1Nc1cc2c(c(Nc3ccc4ncccc4c3)n1)=CNNC=2. The monoisotopic (exact) mass is 387 g/mol. The normalized spacial score (nSPS) is 20.4. The van der Waals surface area contributed by atoms with Crippen molar-refractivity contribution in [1.29, 1.82) is 0 Å². The van der Waals surface area contributed by atoms with Crippen molar-refractivity contribution in [3.05, 3.63) is 53.0 Å². The van der Waals surface area contributed by atoms with Crippen molar-refractivity contribution < 1.29 is 0 Å². The molecule has 7 nitrogen and oxygen atoms in total. The Morgan fingerprint density at radius 3 is 2.86 bits per heavy atom. The van der Waals surface area contributed by atoms with E-state index in [9.17, 15) is 0 Å². The van der Waals surface area contributed by atoms with Gasteiger partial charge in [0, 0.05) is 52.2 Å². The lowest BCUT2D eigenvalue weighted by molar-refractivity contribution is 0.403. The van der Waals surface area contributed by atoms with Crippen LogP contribution in [0.15, 0.2) is 42.6 Å². The Labute approximate surface area is 169 Å². The van der Waals surface area contributed by atoms with Crippen molar-refractivity contribution in [2.45, 2.75) is 37.8 Å². The van der Waals surface area contributed by atoms with Crippen LogP contribution in [-0.4, -0.2) is 22.1 Å². The molecular weight excluding hydrogens is 362 g/mol. The van der Waals surface area contributed by atoms with E-state index in [1.54, 1.807) is 0 Å². The first-order valence-electron chi connectivity index (χ1n) is 10.1. The molecule has 5 rings (SSSR count). The Morgan fingerprint density at radius 1 is 1.03 bits per heavy atom. The lowest BCUT2D eigenvalue weighted by Crippen LogP contribution is -2.44. The van der Waals surface area contributed by atoms with Crippen molar-refractivity contribution in [2.75, 3.05) is 10.6 Å². The second-order valence-corrected chi connectivity index (χ2v) is 7.67. The van der Waals surface area contributed by atoms with Crippen LogP contribution >= 0.6 is 0 Å². The Hall–Kier alpha value is -3.32. The highest BCUT2D eigenvalue weighted by atomic mass is 15.3. The van der Waals surface area contributed by atoms with Gasteiger partial charge in [0.2, 0.25) is 0 Å².